The minimum Gasteiger partial charge on any atom is -0.327 e. The van der Waals surface area contributed by atoms with Crippen molar-refractivity contribution in [3.05, 3.63) is 0 Å². The zero-order valence-corrected chi connectivity index (χ0v) is 10.7. The molecular weight excluding hydrogens is 174 g/mol. The van der Waals surface area contributed by atoms with E-state index in [1.807, 2.05) is 0 Å². The van der Waals surface area contributed by atoms with Crippen molar-refractivity contribution in [2.24, 2.45) is 0 Å². The first kappa shape index (κ1) is 11.3. The first-order chi connectivity index (χ1) is 6.29. The van der Waals surface area contributed by atoms with Crippen molar-refractivity contribution < 1.29 is 0 Å². The highest BCUT2D eigenvalue weighted by molar-refractivity contribution is 6.56. The number of nitrogens with zero attached hydrogens (tertiary/aromatic N) is 1. The molecule has 1 unspecified atom stereocenters. The van der Waals surface area contributed by atoms with Crippen LogP contribution in [0.4, 0.5) is 0 Å². The topological polar surface area (TPSA) is 3.24 Å². The summed E-state index contributed by atoms with van der Waals surface area (Å²) in [5.74, 6) is 0. The van der Waals surface area contributed by atoms with Crippen molar-refractivity contribution in [2.75, 3.05) is 13.1 Å². The van der Waals surface area contributed by atoms with Crippen molar-refractivity contribution in [3.63, 3.8) is 0 Å². The first-order valence-corrected chi connectivity index (χ1v) is 8.37. The van der Waals surface area contributed by atoms with Gasteiger partial charge in [-0.05, 0) is 18.6 Å². The quantitative estimate of drug-likeness (QED) is 0.629. The van der Waals surface area contributed by atoms with Gasteiger partial charge in [0.15, 0.2) is 0 Å². The van der Waals surface area contributed by atoms with E-state index in [0.717, 1.165) is 5.54 Å². The van der Waals surface area contributed by atoms with Crippen LogP contribution in [0.1, 0.15) is 46.0 Å². The zero-order chi connectivity index (χ0) is 9.68. The van der Waals surface area contributed by atoms with Crippen LogP contribution < -0.4 is 0 Å². The molecule has 0 heterocycles. The van der Waals surface area contributed by atoms with E-state index in [2.05, 4.69) is 25.0 Å². The Balaban J connectivity index is 2.38. The molecule has 1 aliphatic carbocycles. The van der Waals surface area contributed by atoms with Crippen LogP contribution >= 0.6 is 0 Å². The van der Waals surface area contributed by atoms with E-state index in [1.165, 1.54) is 45.2 Å². The maximum absolute atomic E-state index is 2.75. The largest absolute Gasteiger partial charge is 0.327 e. The molecule has 0 aromatic heterocycles. The predicted octanol–water partition coefficient (Wildman–Crippen LogP) is 3.02. The molecule has 2 heteroatoms. The maximum atomic E-state index is 2.75. The Morgan fingerprint density at radius 1 is 1.08 bits per heavy atom. The second-order valence-electron chi connectivity index (χ2n) is 4.36. The lowest BCUT2D eigenvalue weighted by Gasteiger charge is -2.34. The molecule has 0 aromatic rings. The van der Waals surface area contributed by atoms with Crippen LogP contribution in [0.5, 0.6) is 0 Å². The molecule has 0 aliphatic heterocycles. The van der Waals surface area contributed by atoms with Crippen LogP contribution in [0.25, 0.3) is 0 Å². The fourth-order valence-corrected chi connectivity index (χ4v) is 5.90. The Labute approximate surface area is 85.2 Å². The molecule has 1 fully saturated rings. The van der Waals surface area contributed by atoms with Crippen molar-refractivity contribution in [2.45, 2.75) is 58.0 Å². The average molecular weight is 199 g/mol. The van der Waals surface area contributed by atoms with Crippen LogP contribution in [-0.2, 0) is 0 Å². The summed E-state index contributed by atoms with van der Waals surface area (Å²) in [4.78, 5) is 0. The summed E-state index contributed by atoms with van der Waals surface area (Å²) in [6, 6.07) is 0. The van der Waals surface area contributed by atoms with Gasteiger partial charge in [-0.2, -0.15) is 0 Å². The summed E-state index contributed by atoms with van der Waals surface area (Å²) in [5, 5.41) is 0. The molecule has 0 bridgehead atoms. The first-order valence-electron chi connectivity index (χ1n) is 6.03. The van der Waals surface area contributed by atoms with Crippen LogP contribution in [0, 0.1) is 0 Å². The third kappa shape index (κ3) is 3.10. The highest BCUT2D eigenvalue weighted by Gasteiger charge is 2.24. The van der Waals surface area contributed by atoms with Crippen molar-refractivity contribution in [1.82, 2.24) is 4.57 Å². The summed E-state index contributed by atoms with van der Waals surface area (Å²) in [6.45, 7) is 9.75. The molecule has 0 spiro atoms. The van der Waals surface area contributed by atoms with Crippen LogP contribution in [0.3, 0.4) is 0 Å². The van der Waals surface area contributed by atoms with Gasteiger partial charge in [-0.25, -0.2) is 0 Å². The lowest BCUT2D eigenvalue weighted by atomic mass is 10.0. The van der Waals surface area contributed by atoms with Crippen molar-refractivity contribution in [3.8, 4) is 0 Å². The van der Waals surface area contributed by atoms with Gasteiger partial charge in [0.1, 0.15) is 8.96 Å². The van der Waals surface area contributed by atoms with E-state index in [9.17, 15) is 0 Å². The molecule has 1 atom stereocenters. The van der Waals surface area contributed by atoms with Gasteiger partial charge >= 0.3 is 0 Å². The fraction of sp³-hybridized carbons (Fsp3) is 1.00. The Hall–Kier alpha value is 0.177. The Morgan fingerprint density at radius 2 is 1.62 bits per heavy atom. The van der Waals surface area contributed by atoms with Gasteiger partial charge in [0.05, 0.1) is 0 Å². The molecule has 0 saturated heterocycles. The van der Waals surface area contributed by atoms with Gasteiger partial charge in [0, 0.05) is 0 Å². The SMILES string of the molecule is CCN(CC)[SiH](C)C1CCCCC1. The van der Waals surface area contributed by atoms with E-state index in [4.69, 9.17) is 0 Å². The second-order valence-corrected chi connectivity index (χ2v) is 7.51. The third-order valence-electron chi connectivity index (χ3n) is 3.72. The average Bonchev–Trinajstić information content (AvgIpc) is 2.21. The summed E-state index contributed by atoms with van der Waals surface area (Å²) in [6.07, 6.45) is 7.57. The minimum atomic E-state index is -0.565. The Morgan fingerprint density at radius 3 is 2.08 bits per heavy atom. The van der Waals surface area contributed by atoms with Crippen molar-refractivity contribution in [1.29, 1.82) is 0 Å². The molecule has 0 aromatic carbocycles. The smallest absolute Gasteiger partial charge is 0.111 e. The molecular formula is C11H25NSi. The predicted molar refractivity (Wildman–Crippen MR) is 62.8 cm³/mol. The summed E-state index contributed by atoms with van der Waals surface area (Å²) < 4.78 is 2.75. The molecule has 0 radical (unpaired) electrons. The lowest BCUT2D eigenvalue weighted by molar-refractivity contribution is 0.430. The minimum absolute atomic E-state index is 0.565. The van der Waals surface area contributed by atoms with Gasteiger partial charge in [-0.15, -0.1) is 0 Å². The van der Waals surface area contributed by atoms with E-state index in [1.54, 1.807) is 0 Å². The van der Waals surface area contributed by atoms with Crippen LogP contribution in [-0.4, -0.2) is 26.6 Å². The molecule has 78 valence electrons. The molecule has 13 heavy (non-hydrogen) atoms. The molecule has 0 N–H and O–H groups in total. The molecule has 1 rings (SSSR count). The molecule has 1 aliphatic rings. The standard InChI is InChI=1S/C11H25NSi/c1-4-12(5-2)13(3)11-9-7-6-8-10-11/h11,13H,4-10H2,1-3H3. The Bertz CT molecular complexity index is 128. The van der Waals surface area contributed by atoms with Gasteiger partial charge < -0.3 is 4.57 Å². The van der Waals surface area contributed by atoms with Crippen LogP contribution in [0.2, 0.25) is 12.1 Å². The monoisotopic (exact) mass is 199 g/mol. The van der Waals surface area contributed by atoms with Gasteiger partial charge in [0.2, 0.25) is 0 Å². The highest BCUT2D eigenvalue weighted by Crippen LogP contribution is 2.32. The molecule has 1 saturated carbocycles. The van der Waals surface area contributed by atoms with E-state index < -0.39 is 8.96 Å². The number of hydrogen-bond donors (Lipinski definition) is 0. The van der Waals surface area contributed by atoms with E-state index >= 15 is 0 Å². The maximum Gasteiger partial charge on any atom is 0.111 e. The second kappa shape index (κ2) is 5.81. The summed E-state index contributed by atoms with van der Waals surface area (Å²) >= 11 is 0. The molecule has 0 amide bonds. The Kier molecular flexibility index (Phi) is 5.03. The highest BCUT2D eigenvalue weighted by atomic mass is 28.3. The van der Waals surface area contributed by atoms with Gasteiger partial charge in [-0.3, -0.25) is 0 Å². The third-order valence-corrected chi connectivity index (χ3v) is 7.63. The lowest BCUT2D eigenvalue weighted by Crippen LogP contribution is -2.40. The fourth-order valence-electron chi connectivity index (χ4n) is 2.71. The van der Waals surface area contributed by atoms with E-state index in [0.29, 0.717) is 0 Å². The number of rotatable bonds is 4. The summed E-state index contributed by atoms with van der Waals surface area (Å²) in [7, 11) is -0.565. The number of hydrogen-bond acceptors (Lipinski definition) is 1. The van der Waals surface area contributed by atoms with Crippen LogP contribution in [0.15, 0.2) is 0 Å². The van der Waals surface area contributed by atoms with Gasteiger partial charge in [0.25, 0.3) is 0 Å². The van der Waals surface area contributed by atoms with E-state index in [-0.39, 0.29) is 0 Å². The van der Waals surface area contributed by atoms with Crippen molar-refractivity contribution >= 4 is 8.96 Å². The molecule has 1 nitrogen and oxygen atoms in total. The zero-order valence-electron chi connectivity index (χ0n) is 9.55. The van der Waals surface area contributed by atoms with Gasteiger partial charge in [-0.1, -0.05) is 52.5 Å². The summed E-state index contributed by atoms with van der Waals surface area (Å²) in [5.41, 5.74) is 1.12. The normalized spacial score (nSPS) is 22.2.